The second kappa shape index (κ2) is 9.62. The number of guanidine groups is 1. The molecule has 1 aromatic rings. The molecule has 1 aliphatic heterocycles. The summed E-state index contributed by atoms with van der Waals surface area (Å²) in [5, 5.41) is 4.19. The second-order valence-electron chi connectivity index (χ2n) is 6.39. The molecule has 3 rings (SSSR count). The van der Waals surface area contributed by atoms with Gasteiger partial charge in [0.15, 0.2) is 5.96 Å². The molecule has 1 amide bonds. The first kappa shape index (κ1) is 20.3. The third kappa shape index (κ3) is 6.02. The quantitative estimate of drug-likeness (QED) is 0.413. The molecule has 2 fully saturated rings. The fourth-order valence-corrected chi connectivity index (χ4v) is 3.11. The Morgan fingerprint density at radius 3 is 2.52 bits per heavy atom. The van der Waals surface area contributed by atoms with Gasteiger partial charge in [-0.25, -0.2) is 0 Å². The van der Waals surface area contributed by atoms with E-state index in [-0.39, 0.29) is 29.9 Å². The number of halogens is 2. The summed E-state index contributed by atoms with van der Waals surface area (Å²) in [5.74, 6) is 1.17. The first-order valence-electron chi connectivity index (χ1n) is 8.74. The summed E-state index contributed by atoms with van der Waals surface area (Å²) in [5.41, 5.74) is 0.971. The van der Waals surface area contributed by atoms with Crippen LogP contribution in [0.2, 0.25) is 5.02 Å². The first-order chi connectivity index (χ1) is 11.7. The van der Waals surface area contributed by atoms with Crippen LogP contribution in [-0.2, 0) is 11.2 Å². The fraction of sp³-hybridized carbons (Fsp3) is 0.556. The summed E-state index contributed by atoms with van der Waals surface area (Å²) in [6, 6.07) is 8.13. The van der Waals surface area contributed by atoms with E-state index in [1.165, 1.54) is 12.8 Å². The van der Waals surface area contributed by atoms with Gasteiger partial charge in [0.2, 0.25) is 5.91 Å². The zero-order valence-electron chi connectivity index (χ0n) is 14.6. The monoisotopic (exact) mass is 476 g/mol. The number of nitrogens with zero attached hydrogens (tertiary/aromatic N) is 3. The Morgan fingerprint density at radius 2 is 1.92 bits per heavy atom. The van der Waals surface area contributed by atoms with Crippen LogP contribution in [0, 0.1) is 0 Å². The minimum absolute atomic E-state index is 0. The highest BCUT2D eigenvalue weighted by molar-refractivity contribution is 14.0. The highest BCUT2D eigenvalue weighted by Gasteiger charge is 2.27. The minimum atomic E-state index is 0. The molecule has 1 aliphatic carbocycles. The van der Waals surface area contributed by atoms with Crippen molar-refractivity contribution >= 4 is 47.4 Å². The Labute approximate surface area is 171 Å². The van der Waals surface area contributed by atoms with Crippen LogP contribution >= 0.6 is 35.6 Å². The normalized spacial score (nSPS) is 17.9. The van der Waals surface area contributed by atoms with Crippen LogP contribution in [0.5, 0.6) is 0 Å². The largest absolute Gasteiger partial charge is 0.354 e. The number of piperazine rings is 1. The van der Waals surface area contributed by atoms with Gasteiger partial charge in [0.25, 0.3) is 0 Å². The smallest absolute Gasteiger partial charge is 0.227 e. The predicted octanol–water partition coefficient (Wildman–Crippen LogP) is 2.77. The summed E-state index contributed by atoms with van der Waals surface area (Å²) in [6.07, 6.45) is 2.89. The van der Waals surface area contributed by atoms with Crippen LogP contribution in [0.1, 0.15) is 25.3 Å². The highest BCUT2D eigenvalue weighted by Crippen LogP contribution is 2.19. The maximum absolute atomic E-state index is 12.5. The van der Waals surface area contributed by atoms with E-state index in [4.69, 9.17) is 11.6 Å². The number of nitrogens with one attached hydrogen (secondary N) is 1. The fourth-order valence-electron chi connectivity index (χ4n) is 2.90. The average Bonchev–Trinajstić information content (AvgIpc) is 3.39. The molecule has 1 saturated carbocycles. The van der Waals surface area contributed by atoms with Gasteiger partial charge < -0.3 is 15.1 Å². The molecule has 0 aromatic heterocycles. The zero-order chi connectivity index (χ0) is 16.9. The number of hydrogen-bond donors (Lipinski definition) is 1. The third-order valence-corrected chi connectivity index (χ3v) is 4.63. The van der Waals surface area contributed by atoms with Gasteiger partial charge in [-0.05, 0) is 37.5 Å². The van der Waals surface area contributed by atoms with Gasteiger partial charge in [-0.15, -0.1) is 24.0 Å². The number of carbonyl (C=O) groups is 1. The SMILES string of the molecule is CCN=C(NC1CC1)N1CCN(C(=O)Cc2cccc(Cl)c2)CC1.I. The van der Waals surface area contributed by atoms with E-state index in [1.54, 1.807) is 0 Å². The summed E-state index contributed by atoms with van der Waals surface area (Å²) in [7, 11) is 0. The van der Waals surface area contributed by atoms with Gasteiger partial charge in [0.1, 0.15) is 0 Å². The van der Waals surface area contributed by atoms with Crippen LogP contribution in [0.4, 0.5) is 0 Å². The molecular formula is C18H26ClIN4O. The standard InChI is InChI=1S/C18H25ClN4O.HI/c1-2-20-18(21-16-6-7-16)23-10-8-22(9-11-23)17(24)13-14-4-3-5-15(19)12-14;/h3-5,12,16H,2,6-11,13H2,1H3,(H,20,21);1H. The lowest BCUT2D eigenvalue weighted by molar-refractivity contribution is -0.131. The topological polar surface area (TPSA) is 47.9 Å². The second-order valence-corrected chi connectivity index (χ2v) is 6.83. The van der Waals surface area contributed by atoms with Crippen LogP contribution < -0.4 is 5.32 Å². The number of carbonyl (C=O) groups excluding carboxylic acids is 1. The van der Waals surface area contributed by atoms with Crippen molar-refractivity contribution in [1.29, 1.82) is 0 Å². The van der Waals surface area contributed by atoms with E-state index in [2.05, 4.69) is 22.1 Å². The number of amides is 1. The predicted molar refractivity (Wildman–Crippen MR) is 113 cm³/mol. The number of aliphatic imine (C=N–C) groups is 1. The first-order valence-corrected chi connectivity index (χ1v) is 9.11. The minimum Gasteiger partial charge on any atom is -0.354 e. The lowest BCUT2D eigenvalue weighted by Crippen LogP contribution is -2.54. The summed E-state index contributed by atoms with van der Waals surface area (Å²) >= 11 is 5.99. The number of benzene rings is 1. The lowest BCUT2D eigenvalue weighted by Gasteiger charge is -2.36. The van der Waals surface area contributed by atoms with Crippen molar-refractivity contribution in [2.75, 3.05) is 32.7 Å². The van der Waals surface area contributed by atoms with E-state index < -0.39 is 0 Å². The number of rotatable bonds is 4. The van der Waals surface area contributed by atoms with Crippen molar-refractivity contribution in [1.82, 2.24) is 15.1 Å². The van der Waals surface area contributed by atoms with Crippen LogP contribution in [0.25, 0.3) is 0 Å². The van der Waals surface area contributed by atoms with Gasteiger partial charge in [0, 0.05) is 43.8 Å². The molecule has 1 heterocycles. The molecule has 1 N–H and O–H groups in total. The molecule has 1 aromatic carbocycles. The third-order valence-electron chi connectivity index (χ3n) is 4.39. The molecule has 2 aliphatic rings. The van der Waals surface area contributed by atoms with Crippen LogP contribution in [0.15, 0.2) is 29.3 Å². The Bertz CT molecular complexity index is 613. The lowest BCUT2D eigenvalue weighted by atomic mass is 10.1. The van der Waals surface area contributed by atoms with Gasteiger partial charge in [-0.3, -0.25) is 9.79 Å². The molecule has 5 nitrogen and oxygen atoms in total. The van der Waals surface area contributed by atoms with E-state index >= 15 is 0 Å². The maximum Gasteiger partial charge on any atom is 0.227 e. The Morgan fingerprint density at radius 1 is 1.24 bits per heavy atom. The van der Waals surface area contributed by atoms with Crippen molar-refractivity contribution in [3.63, 3.8) is 0 Å². The molecule has 25 heavy (non-hydrogen) atoms. The van der Waals surface area contributed by atoms with Gasteiger partial charge >= 0.3 is 0 Å². The molecule has 7 heteroatoms. The van der Waals surface area contributed by atoms with Crippen molar-refractivity contribution < 1.29 is 4.79 Å². The Balaban J connectivity index is 0.00000225. The molecule has 138 valence electrons. The number of hydrogen-bond acceptors (Lipinski definition) is 2. The molecular weight excluding hydrogens is 451 g/mol. The van der Waals surface area contributed by atoms with Crippen molar-refractivity contribution in [3.05, 3.63) is 34.9 Å². The van der Waals surface area contributed by atoms with Crippen molar-refractivity contribution in [2.45, 2.75) is 32.2 Å². The van der Waals surface area contributed by atoms with Crippen molar-refractivity contribution in [3.8, 4) is 0 Å². The summed E-state index contributed by atoms with van der Waals surface area (Å²) < 4.78 is 0. The van der Waals surface area contributed by atoms with Crippen molar-refractivity contribution in [2.24, 2.45) is 4.99 Å². The van der Waals surface area contributed by atoms with E-state index in [0.29, 0.717) is 17.5 Å². The maximum atomic E-state index is 12.5. The molecule has 0 radical (unpaired) electrons. The van der Waals surface area contributed by atoms with E-state index in [0.717, 1.165) is 44.2 Å². The Kier molecular flexibility index (Phi) is 7.81. The molecule has 1 saturated heterocycles. The molecule has 0 spiro atoms. The Hall–Kier alpha value is -1.02. The molecule has 0 atom stereocenters. The van der Waals surface area contributed by atoms with Gasteiger partial charge in [0.05, 0.1) is 6.42 Å². The van der Waals surface area contributed by atoms with Crippen LogP contribution in [-0.4, -0.2) is 60.4 Å². The van der Waals surface area contributed by atoms with Gasteiger partial charge in [-0.2, -0.15) is 0 Å². The highest BCUT2D eigenvalue weighted by atomic mass is 127. The van der Waals surface area contributed by atoms with Crippen LogP contribution in [0.3, 0.4) is 0 Å². The average molecular weight is 477 g/mol. The molecule has 0 unspecified atom stereocenters. The van der Waals surface area contributed by atoms with E-state index in [9.17, 15) is 4.79 Å². The zero-order valence-corrected chi connectivity index (χ0v) is 17.7. The van der Waals surface area contributed by atoms with Gasteiger partial charge in [-0.1, -0.05) is 23.7 Å². The summed E-state index contributed by atoms with van der Waals surface area (Å²) in [4.78, 5) is 21.3. The summed E-state index contributed by atoms with van der Waals surface area (Å²) in [6.45, 7) is 5.99. The molecule has 0 bridgehead atoms. The van der Waals surface area contributed by atoms with E-state index in [1.807, 2.05) is 29.2 Å².